The van der Waals surface area contributed by atoms with Gasteiger partial charge in [-0.15, -0.1) is 0 Å². The van der Waals surface area contributed by atoms with Gasteiger partial charge < -0.3 is 0 Å². The van der Waals surface area contributed by atoms with Gasteiger partial charge in [0.2, 0.25) is 0 Å². The van der Waals surface area contributed by atoms with E-state index in [1.165, 1.54) is 4.68 Å². The Morgan fingerprint density at radius 2 is 1.59 bits per heavy atom. The van der Waals surface area contributed by atoms with Crippen molar-refractivity contribution in [1.82, 2.24) is 9.78 Å². The molecule has 0 unspecified atom stereocenters. The lowest BCUT2D eigenvalue weighted by atomic mass is 10.0. The van der Waals surface area contributed by atoms with Gasteiger partial charge in [0.05, 0.1) is 11.4 Å². The lowest BCUT2D eigenvalue weighted by molar-refractivity contribution is 0.599. The Labute approximate surface area is 185 Å². The highest BCUT2D eigenvalue weighted by atomic mass is 35.5. The minimum Gasteiger partial charge on any atom is -0.265 e. The lowest BCUT2D eigenvalue weighted by Crippen LogP contribution is -2.17. The van der Waals surface area contributed by atoms with Crippen LogP contribution in [0.15, 0.2) is 35.4 Å². The average molecular weight is 473 g/mol. The standard InChI is InChI=1S/C20H20Cl3N3O2S/c1-11-7-12(2)14(4)19(13(11)3)29(27,28)25-20-18(23)10-26(24-20)9-15-5-6-16(21)8-17(15)22/h5-8,10H,9H2,1-4H3,(H,24,25). The first-order valence-corrected chi connectivity index (χ1v) is 11.4. The summed E-state index contributed by atoms with van der Waals surface area (Å²) in [6.07, 6.45) is 1.55. The van der Waals surface area contributed by atoms with Crippen LogP contribution in [0.1, 0.15) is 27.8 Å². The van der Waals surface area contributed by atoms with Gasteiger partial charge in [-0.1, -0.05) is 46.9 Å². The smallest absolute Gasteiger partial charge is 0.263 e. The molecule has 0 saturated heterocycles. The molecule has 0 amide bonds. The van der Waals surface area contributed by atoms with Crippen molar-refractivity contribution in [2.24, 2.45) is 0 Å². The molecule has 0 saturated carbocycles. The van der Waals surface area contributed by atoms with Crippen molar-refractivity contribution in [3.8, 4) is 0 Å². The van der Waals surface area contributed by atoms with Crippen molar-refractivity contribution >= 4 is 50.6 Å². The van der Waals surface area contributed by atoms with Crippen LogP contribution < -0.4 is 4.72 Å². The number of halogens is 3. The molecule has 1 N–H and O–H groups in total. The van der Waals surface area contributed by atoms with Crippen molar-refractivity contribution in [1.29, 1.82) is 0 Å². The van der Waals surface area contributed by atoms with Gasteiger partial charge in [-0.05, 0) is 67.6 Å². The molecule has 5 nitrogen and oxygen atoms in total. The highest BCUT2D eigenvalue weighted by molar-refractivity contribution is 7.92. The number of rotatable bonds is 5. The number of sulfonamides is 1. The summed E-state index contributed by atoms with van der Waals surface area (Å²) in [6.45, 7) is 7.67. The van der Waals surface area contributed by atoms with Gasteiger partial charge in [-0.2, -0.15) is 5.10 Å². The van der Waals surface area contributed by atoms with Gasteiger partial charge in [0.15, 0.2) is 5.82 Å². The first-order valence-electron chi connectivity index (χ1n) is 8.76. The molecule has 29 heavy (non-hydrogen) atoms. The van der Waals surface area contributed by atoms with E-state index in [4.69, 9.17) is 34.8 Å². The molecule has 0 fully saturated rings. The number of benzene rings is 2. The molecule has 0 aliphatic heterocycles. The number of nitrogens with zero attached hydrogens (tertiary/aromatic N) is 2. The van der Waals surface area contributed by atoms with Crippen LogP contribution in [0, 0.1) is 27.7 Å². The first kappa shape index (κ1) is 22.0. The van der Waals surface area contributed by atoms with Gasteiger partial charge in [-0.25, -0.2) is 8.42 Å². The van der Waals surface area contributed by atoms with Gasteiger partial charge in [0.1, 0.15) is 5.02 Å². The molecule has 1 heterocycles. The quantitative estimate of drug-likeness (QED) is 0.501. The third kappa shape index (κ3) is 4.56. The Morgan fingerprint density at radius 3 is 2.17 bits per heavy atom. The summed E-state index contributed by atoms with van der Waals surface area (Å²) in [4.78, 5) is 0.251. The van der Waals surface area contributed by atoms with Gasteiger partial charge in [0, 0.05) is 16.2 Å². The zero-order valence-corrected chi connectivity index (χ0v) is 19.4. The van der Waals surface area contributed by atoms with Crippen molar-refractivity contribution in [2.75, 3.05) is 4.72 Å². The van der Waals surface area contributed by atoms with E-state index in [1.807, 2.05) is 19.9 Å². The third-order valence-corrected chi connectivity index (χ3v) is 7.34. The van der Waals surface area contributed by atoms with Gasteiger partial charge in [-0.3, -0.25) is 9.40 Å². The fourth-order valence-corrected chi connectivity index (χ4v) is 5.49. The molecule has 0 aliphatic rings. The summed E-state index contributed by atoms with van der Waals surface area (Å²) >= 11 is 18.4. The molecule has 1 aromatic heterocycles. The molecule has 2 aromatic carbocycles. The minimum atomic E-state index is -3.87. The Bertz CT molecular complexity index is 1180. The van der Waals surface area contributed by atoms with E-state index in [0.29, 0.717) is 27.7 Å². The number of hydrogen-bond acceptors (Lipinski definition) is 3. The van der Waals surface area contributed by atoms with E-state index < -0.39 is 10.0 Å². The summed E-state index contributed by atoms with van der Waals surface area (Å²) < 4.78 is 30.3. The number of aromatic nitrogens is 2. The molecule has 0 radical (unpaired) electrons. The molecule has 0 spiro atoms. The zero-order valence-electron chi connectivity index (χ0n) is 16.3. The number of aryl methyl sites for hydroxylation is 2. The maximum atomic E-state index is 13.1. The monoisotopic (exact) mass is 471 g/mol. The fraction of sp³-hybridized carbons (Fsp3) is 0.250. The summed E-state index contributed by atoms with van der Waals surface area (Å²) in [5.74, 6) is 0.0645. The largest absolute Gasteiger partial charge is 0.265 e. The Hall–Kier alpha value is -1.73. The second-order valence-corrected chi connectivity index (χ2v) is 9.82. The third-order valence-electron chi connectivity index (χ3n) is 4.86. The Balaban J connectivity index is 1.93. The van der Waals surface area contributed by atoms with Crippen LogP contribution in [-0.2, 0) is 16.6 Å². The summed E-state index contributed by atoms with van der Waals surface area (Å²) in [6, 6.07) is 7.12. The van der Waals surface area contributed by atoms with Crippen LogP contribution in [0.25, 0.3) is 0 Å². The molecule has 3 aromatic rings. The first-order chi connectivity index (χ1) is 13.5. The SMILES string of the molecule is Cc1cc(C)c(C)c(S(=O)(=O)Nc2nn(Cc3ccc(Cl)cc3Cl)cc2Cl)c1C. The van der Waals surface area contributed by atoms with Crippen LogP contribution in [0.5, 0.6) is 0 Å². The molecule has 0 aliphatic carbocycles. The van der Waals surface area contributed by atoms with Crippen LogP contribution >= 0.6 is 34.8 Å². The molecule has 3 rings (SSSR count). The summed E-state index contributed by atoms with van der Waals surface area (Å²) in [5.41, 5.74) is 3.99. The average Bonchev–Trinajstić information content (AvgIpc) is 2.94. The predicted octanol–water partition coefficient (Wildman–Crippen LogP) is 5.93. The fourth-order valence-electron chi connectivity index (χ4n) is 3.13. The molecular weight excluding hydrogens is 453 g/mol. The van der Waals surface area contributed by atoms with Crippen molar-refractivity contribution in [3.63, 3.8) is 0 Å². The van der Waals surface area contributed by atoms with E-state index in [9.17, 15) is 8.42 Å². The number of nitrogens with one attached hydrogen (secondary N) is 1. The molecule has 9 heteroatoms. The Morgan fingerprint density at radius 1 is 0.966 bits per heavy atom. The second kappa shape index (κ2) is 8.19. The lowest BCUT2D eigenvalue weighted by Gasteiger charge is -2.16. The van der Waals surface area contributed by atoms with E-state index in [0.717, 1.165) is 16.7 Å². The maximum absolute atomic E-state index is 13.1. The number of hydrogen-bond donors (Lipinski definition) is 1. The topological polar surface area (TPSA) is 64.0 Å². The minimum absolute atomic E-state index is 0.0645. The van der Waals surface area contributed by atoms with E-state index >= 15 is 0 Å². The summed E-state index contributed by atoms with van der Waals surface area (Å²) in [7, 11) is -3.87. The van der Waals surface area contributed by atoms with Crippen molar-refractivity contribution in [3.05, 3.63) is 73.3 Å². The zero-order chi connectivity index (χ0) is 21.5. The van der Waals surface area contributed by atoms with Crippen LogP contribution in [-0.4, -0.2) is 18.2 Å². The molecule has 0 bridgehead atoms. The van der Waals surface area contributed by atoms with Gasteiger partial charge in [0.25, 0.3) is 10.0 Å². The van der Waals surface area contributed by atoms with E-state index in [2.05, 4.69) is 9.82 Å². The van der Waals surface area contributed by atoms with Crippen molar-refractivity contribution < 1.29 is 8.42 Å². The van der Waals surface area contributed by atoms with Crippen LogP contribution in [0.3, 0.4) is 0 Å². The predicted molar refractivity (Wildman–Crippen MR) is 119 cm³/mol. The van der Waals surface area contributed by atoms with E-state index in [-0.39, 0.29) is 15.7 Å². The molecule has 0 atom stereocenters. The van der Waals surface area contributed by atoms with E-state index in [1.54, 1.807) is 38.2 Å². The van der Waals surface area contributed by atoms with Crippen LogP contribution in [0.2, 0.25) is 15.1 Å². The van der Waals surface area contributed by atoms with Gasteiger partial charge >= 0.3 is 0 Å². The highest BCUT2D eigenvalue weighted by Crippen LogP contribution is 2.30. The summed E-state index contributed by atoms with van der Waals surface area (Å²) in [5, 5.41) is 5.50. The number of anilines is 1. The maximum Gasteiger partial charge on any atom is 0.263 e. The highest BCUT2D eigenvalue weighted by Gasteiger charge is 2.24. The molecular formula is C20H20Cl3N3O2S. The molecule has 154 valence electrons. The Kier molecular flexibility index (Phi) is 6.20. The second-order valence-electron chi connectivity index (χ2n) is 6.95. The van der Waals surface area contributed by atoms with Crippen LogP contribution in [0.4, 0.5) is 5.82 Å². The normalized spacial score (nSPS) is 11.7. The van der Waals surface area contributed by atoms with Crippen molar-refractivity contribution in [2.45, 2.75) is 39.1 Å².